The fraction of sp³-hybridized carbons (Fsp3) is 0.333. The summed E-state index contributed by atoms with van der Waals surface area (Å²) in [6.45, 7) is 2.91. The second-order valence-corrected chi connectivity index (χ2v) is 10.3. The molecule has 1 N–H and O–H groups in total. The zero-order valence-corrected chi connectivity index (χ0v) is 21.0. The molecular formula is C24H19F3N4O7S. The number of nitro benzene ring substituents is 1. The van der Waals surface area contributed by atoms with Crippen LogP contribution in [0.2, 0.25) is 0 Å². The van der Waals surface area contributed by atoms with Crippen molar-refractivity contribution in [1.29, 1.82) is 0 Å². The van der Waals surface area contributed by atoms with E-state index >= 15 is 0 Å². The van der Waals surface area contributed by atoms with Crippen molar-refractivity contribution in [3.8, 4) is 0 Å². The standard InChI is InChI=1S/C24H19F3N4O7S/c1-10-15(14-7-29-9-28-17(22(29)39-14)20(33)24(25,26)27)19(30-18(10)16(11(2)32)21(30)34)23(35)38-8-12-3-5-13(6-4-12)31(36)37/h3-7,9-11,16,18,32H,8H2,1-2H3/t10-,11+,16+,18+/m0/s1. The fourth-order valence-electron chi connectivity index (χ4n) is 5.03. The maximum atomic E-state index is 13.3. The summed E-state index contributed by atoms with van der Waals surface area (Å²) in [6, 6.07) is 4.72. The van der Waals surface area contributed by atoms with Gasteiger partial charge in [-0.05, 0) is 24.6 Å². The lowest BCUT2D eigenvalue weighted by Gasteiger charge is -2.46. The molecule has 15 heteroatoms. The van der Waals surface area contributed by atoms with Crippen LogP contribution in [0.4, 0.5) is 18.9 Å². The monoisotopic (exact) mass is 564 g/mol. The molecule has 4 heterocycles. The summed E-state index contributed by atoms with van der Waals surface area (Å²) in [7, 11) is 0. The third-order valence-corrected chi connectivity index (χ3v) is 7.97. The first-order valence-corrected chi connectivity index (χ1v) is 12.4. The van der Waals surface area contributed by atoms with Gasteiger partial charge in [-0.15, -0.1) is 11.3 Å². The maximum Gasteiger partial charge on any atom is 0.456 e. The number of hydrogen-bond donors (Lipinski definition) is 1. The molecule has 0 spiro atoms. The van der Waals surface area contributed by atoms with E-state index in [1.807, 2.05) is 0 Å². The molecule has 0 saturated carbocycles. The van der Waals surface area contributed by atoms with Gasteiger partial charge in [-0.3, -0.25) is 24.1 Å². The Morgan fingerprint density at radius 3 is 2.54 bits per heavy atom. The average Bonchev–Trinajstić information content (AvgIpc) is 3.51. The molecule has 2 aliphatic rings. The van der Waals surface area contributed by atoms with Gasteiger partial charge < -0.3 is 14.7 Å². The number of ether oxygens (including phenoxy) is 1. The molecule has 39 heavy (non-hydrogen) atoms. The van der Waals surface area contributed by atoms with Crippen molar-refractivity contribution in [3.63, 3.8) is 0 Å². The number of amides is 1. The Balaban J connectivity index is 1.52. The highest BCUT2D eigenvalue weighted by atomic mass is 32.1. The van der Waals surface area contributed by atoms with E-state index in [0.29, 0.717) is 16.0 Å². The molecule has 3 aromatic rings. The van der Waals surface area contributed by atoms with Gasteiger partial charge >= 0.3 is 12.1 Å². The molecule has 5 rings (SSSR count). The first-order chi connectivity index (χ1) is 18.3. The number of nitrogens with zero attached hydrogens (tertiary/aromatic N) is 4. The number of benzene rings is 1. The van der Waals surface area contributed by atoms with E-state index in [1.165, 1.54) is 46.7 Å². The molecule has 0 bridgehead atoms. The van der Waals surface area contributed by atoms with Gasteiger partial charge in [0.15, 0.2) is 5.69 Å². The number of fused-ring (bicyclic) bond motifs is 2. The third-order valence-electron chi connectivity index (χ3n) is 6.83. The van der Waals surface area contributed by atoms with Crippen LogP contribution in [0, 0.1) is 22.0 Å². The Kier molecular flexibility index (Phi) is 6.30. The predicted octanol–water partition coefficient (Wildman–Crippen LogP) is 3.36. The first kappa shape index (κ1) is 26.5. The van der Waals surface area contributed by atoms with E-state index in [0.717, 1.165) is 17.7 Å². The minimum Gasteiger partial charge on any atom is -0.456 e. The van der Waals surface area contributed by atoms with E-state index in [2.05, 4.69) is 4.98 Å². The molecule has 0 radical (unpaired) electrons. The summed E-state index contributed by atoms with van der Waals surface area (Å²) in [5, 5.41) is 21.0. The number of aromatic nitrogens is 2. The van der Waals surface area contributed by atoms with Gasteiger partial charge in [-0.1, -0.05) is 6.92 Å². The van der Waals surface area contributed by atoms with E-state index in [4.69, 9.17) is 4.74 Å². The van der Waals surface area contributed by atoms with Crippen molar-refractivity contribution >= 4 is 45.1 Å². The Labute approximate surface area is 221 Å². The van der Waals surface area contributed by atoms with Gasteiger partial charge in [0.1, 0.15) is 23.5 Å². The second kappa shape index (κ2) is 9.27. The zero-order valence-electron chi connectivity index (χ0n) is 20.2. The number of halogens is 3. The number of aliphatic hydroxyl groups is 1. The molecule has 0 aliphatic carbocycles. The number of thiazole rings is 1. The number of imidazole rings is 1. The van der Waals surface area contributed by atoms with Gasteiger partial charge in [-0.25, -0.2) is 9.78 Å². The first-order valence-electron chi connectivity index (χ1n) is 11.6. The lowest BCUT2D eigenvalue weighted by Crippen LogP contribution is -2.63. The number of carbonyl (C=O) groups excluding carboxylic acids is 3. The Hall–Kier alpha value is -4.11. The molecule has 204 valence electrons. The number of rotatable bonds is 7. The second-order valence-electron chi connectivity index (χ2n) is 9.24. The highest BCUT2D eigenvalue weighted by molar-refractivity contribution is 7.18. The van der Waals surface area contributed by atoms with Crippen LogP contribution < -0.4 is 0 Å². The van der Waals surface area contributed by atoms with Crippen molar-refractivity contribution in [2.75, 3.05) is 0 Å². The third kappa shape index (κ3) is 4.27. The molecule has 1 amide bonds. The van der Waals surface area contributed by atoms with Gasteiger partial charge in [0.25, 0.3) is 11.5 Å². The number of carbonyl (C=O) groups is 3. The Bertz CT molecular complexity index is 1560. The number of Topliss-reactive ketones (excluding diaryl/α,β-unsaturated/α-hetero) is 1. The number of aliphatic hydroxyl groups excluding tert-OH is 1. The van der Waals surface area contributed by atoms with Crippen molar-refractivity contribution in [1.82, 2.24) is 14.3 Å². The van der Waals surface area contributed by atoms with Crippen molar-refractivity contribution in [2.24, 2.45) is 11.8 Å². The van der Waals surface area contributed by atoms with E-state index in [9.17, 15) is 42.8 Å². The summed E-state index contributed by atoms with van der Waals surface area (Å²) in [5.74, 6) is -4.81. The number of non-ortho nitro benzene ring substituents is 1. The molecule has 2 aliphatic heterocycles. The van der Waals surface area contributed by atoms with Gasteiger partial charge in [0, 0.05) is 29.8 Å². The average molecular weight is 564 g/mol. The van der Waals surface area contributed by atoms with Crippen LogP contribution >= 0.6 is 11.3 Å². The number of nitro groups is 1. The summed E-state index contributed by atoms with van der Waals surface area (Å²) in [4.78, 5) is 53.5. The van der Waals surface area contributed by atoms with Gasteiger partial charge in [0.05, 0.1) is 27.9 Å². The van der Waals surface area contributed by atoms with E-state index in [-0.39, 0.29) is 22.8 Å². The van der Waals surface area contributed by atoms with Crippen molar-refractivity contribution in [2.45, 2.75) is 38.8 Å². The van der Waals surface area contributed by atoms with Crippen LogP contribution in [0.5, 0.6) is 0 Å². The lowest BCUT2D eigenvalue weighted by molar-refractivity contribution is -0.384. The summed E-state index contributed by atoms with van der Waals surface area (Å²) in [6.07, 6.45) is -3.67. The van der Waals surface area contributed by atoms with Crippen LogP contribution in [-0.4, -0.2) is 60.3 Å². The highest BCUT2D eigenvalue weighted by Gasteiger charge is 2.60. The topological polar surface area (TPSA) is 144 Å². The summed E-state index contributed by atoms with van der Waals surface area (Å²) in [5.41, 5.74) is -0.276. The minimum absolute atomic E-state index is 0.0849. The Morgan fingerprint density at radius 2 is 1.95 bits per heavy atom. The van der Waals surface area contributed by atoms with E-state index in [1.54, 1.807) is 6.92 Å². The predicted molar refractivity (Wildman–Crippen MR) is 128 cm³/mol. The van der Waals surface area contributed by atoms with Gasteiger partial charge in [0.2, 0.25) is 5.91 Å². The number of ketones is 1. The molecule has 1 fully saturated rings. The number of hydrogen-bond acceptors (Lipinski definition) is 9. The van der Waals surface area contributed by atoms with Crippen LogP contribution in [0.25, 0.3) is 10.4 Å². The van der Waals surface area contributed by atoms with Crippen LogP contribution in [0.3, 0.4) is 0 Å². The minimum atomic E-state index is -5.13. The molecule has 11 nitrogen and oxygen atoms in total. The number of esters is 1. The van der Waals surface area contributed by atoms with E-state index < -0.39 is 58.4 Å². The normalized spacial score (nSPS) is 21.6. The van der Waals surface area contributed by atoms with Crippen LogP contribution in [0.15, 0.2) is 42.5 Å². The number of alkyl halides is 3. The fourth-order valence-corrected chi connectivity index (χ4v) is 6.24. The largest absolute Gasteiger partial charge is 0.456 e. The molecule has 4 atom stereocenters. The van der Waals surface area contributed by atoms with Crippen LogP contribution in [-0.2, 0) is 20.9 Å². The van der Waals surface area contributed by atoms with Gasteiger partial charge in [-0.2, -0.15) is 13.2 Å². The quantitative estimate of drug-likeness (QED) is 0.151. The molecule has 2 aromatic heterocycles. The highest BCUT2D eigenvalue weighted by Crippen LogP contribution is 2.52. The molecular weight excluding hydrogens is 545 g/mol. The number of β-lactam (4-membered cyclic amide) rings is 1. The molecule has 0 unspecified atom stereocenters. The Morgan fingerprint density at radius 1 is 1.28 bits per heavy atom. The lowest BCUT2D eigenvalue weighted by atomic mass is 9.77. The zero-order chi connectivity index (χ0) is 28.4. The summed E-state index contributed by atoms with van der Waals surface area (Å²) < 4.78 is 45.9. The maximum absolute atomic E-state index is 13.3. The van der Waals surface area contributed by atoms with Crippen molar-refractivity contribution < 1.29 is 42.3 Å². The SMILES string of the molecule is C[C@@H](O)[C@H]1C(=O)N2C(C(=O)OCc3ccc([N+](=O)[O-])cc3)=C(c3cn4cnc(C(=O)C(F)(F)F)c4s3)[C@H](C)[C@H]12. The van der Waals surface area contributed by atoms with Crippen molar-refractivity contribution in [3.05, 3.63) is 68.7 Å². The molecule has 1 saturated heterocycles. The molecule has 1 aromatic carbocycles. The smallest absolute Gasteiger partial charge is 0.456 e. The summed E-state index contributed by atoms with van der Waals surface area (Å²) >= 11 is 0.808. The van der Waals surface area contributed by atoms with Crippen LogP contribution in [0.1, 0.15) is 34.8 Å².